The van der Waals surface area contributed by atoms with Crippen LogP contribution in [0.25, 0.3) is 87.8 Å². The molecule has 6 aromatic heterocycles. The fourth-order valence-corrected chi connectivity index (χ4v) is 8.87. The molecule has 0 saturated heterocycles. The number of anilines is 6. The third-order valence-electron chi connectivity index (χ3n) is 11.8. The minimum absolute atomic E-state index is 0.540. The number of pyridine rings is 3. The molecule has 0 N–H and O–H groups in total. The molecule has 0 unspecified atom stereocenters. The summed E-state index contributed by atoms with van der Waals surface area (Å²) in [5.74, 6) is 0.710. The molecule has 0 aliphatic rings. The maximum atomic E-state index is 6.72. The van der Waals surface area contributed by atoms with Gasteiger partial charge in [-0.05, 0) is 119 Å². The molecule has 13 aromatic rings. The predicted molar refractivity (Wildman–Crippen MR) is 246 cm³/mol. The molecule has 0 saturated carbocycles. The highest BCUT2D eigenvalue weighted by molar-refractivity contribution is 6.08. The molecule has 61 heavy (non-hydrogen) atoms. The second-order valence-electron chi connectivity index (χ2n) is 15.3. The Labute approximate surface area is 347 Å². The number of hydrogen-bond acceptors (Lipinski definition) is 8. The molecule has 0 aliphatic carbocycles. The van der Waals surface area contributed by atoms with Crippen molar-refractivity contribution in [3.63, 3.8) is 0 Å². The van der Waals surface area contributed by atoms with E-state index in [1.807, 2.05) is 24.3 Å². The van der Waals surface area contributed by atoms with E-state index in [4.69, 9.17) is 18.2 Å². The number of furan rings is 3. The molecule has 7 aromatic carbocycles. The number of fused-ring (bicyclic) bond motifs is 11. The van der Waals surface area contributed by atoms with E-state index in [9.17, 15) is 0 Å². The van der Waals surface area contributed by atoms with Gasteiger partial charge >= 0.3 is 0 Å². The summed E-state index contributed by atoms with van der Waals surface area (Å²) in [5, 5.41) is 10.5. The van der Waals surface area contributed by atoms with E-state index in [0.29, 0.717) is 23.0 Å². The average molecular weight is 786 g/mol. The van der Waals surface area contributed by atoms with Crippen LogP contribution in [0.2, 0.25) is 0 Å². The third kappa shape index (κ3) is 5.36. The van der Waals surface area contributed by atoms with E-state index in [0.717, 1.165) is 93.7 Å². The summed E-state index contributed by atoms with van der Waals surface area (Å²) in [6.07, 6.45) is 3.51. The van der Waals surface area contributed by atoms with Gasteiger partial charge in [-0.2, -0.15) is 4.98 Å². The smallest absolute Gasteiger partial charge is 0.229 e. The number of rotatable bonds is 6. The molecular formula is C53H31N5O3. The van der Waals surface area contributed by atoms with Crippen LogP contribution in [0.1, 0.15) is 0 Å². The van der Waals surface area contributed by atoms with Crippen molar-refractivity contribution in [3.05, 3.63) is 188 Å². The Hall–Kier alpha value is -8.49. The number of hydrogen-bond donors (Lipinski definition) is 0. The molecule has 0 spiro atoms. The molecule has 13 rings (SSSR count). The Bertz CT molecular complexity index is 3630. The second kappa shape index (κ2) is 13.0. The van der Waals surface area contributed by atoms with Crippen molar-refractivity contribution in [1.82, 2.24) is 15.0 Å². The summed E-state index contributed by atoms with van der Waals surface area (Å²) in [5.41, 5.74) is 8.76. The first-order chi connectivity index (χ1) is 30.2. The second-order valence-corrected chi connectivity index (χ2v) is 15.3. The van der Waals surface area contributed by atoms with Gasteiger partial charge in [0.25, 0.3) is 0 Å². The standard InChI is InChI=1S/C53H31N5O3/c1-3-9-34-27-36(15-13-32(34)7-1)57(38-17-20-41-44-11-5-25-54-51(44)59-47(41)29-38)39-18-21-43-46-23-24-50(56-53(46)61-49(43)30-39)58(37-16-14-33-8-2-4-10-35(33)28-37)40-19-22-42-45-12-6-26-55-52(45)60-48(42)31-40/h1-31H. The van der Waals surface area contributed by atoms with Gasteiger partial charge in [0.15, 0.2) is 0 Å². The highest BCUT2D eigenvalue weighted by Gasteiger charge is 2.21. The quantitative estimate of drug-likeness (QED) is 0.165. The SMILES string of the molecule is c1ccc2cc(N(c3ccc4c(c3)oc3ncccc34)c3ccc4c(c3)oc3nc(N(c5ccc6ccccc6c5)c5ccc6c(c5)oc5ncccc56)ccc34)ccc2c1. The summed E-state index contributed by atoms with van der Waals surface area (Å²) in [6, 6.07) is 60.9. The lowest BCUT2D eigenvalue weighted by Gasteiger charge is -2.25. The van der Waals surface area contributed by atoms with E-state index in [2.05, 4.69) is 171 Å². The molecule has 0 atom stereocenters. The monoisotopic (exact) mass is 785 g/mol. The van der Waals surface area contributed by atoms with Crippen LogP contribution in [0.4, 0.5) is 34.3 Å². The van der Waals surface area contributed by atoms with Gasteiger partial charge in [0.05, 0.1) is 5.69 Å². The molecule has 6 heterocycles. The van der Waals surface area contributed by atoms with Crippen LogP contribution in [0, 0.1) is 0 Å². The normalized spacial score (nSPS) is 11.9. The fraction of sp³-hybridized carbons (Fsp3) is 0. The molecule has 0 bridgehead atoms. The van der Waals surface area contributed by atoms with Gasteiger partial charge in [0.2, 0.25) is 17.1 Å². The van der Waals surface area contributed by atoms with Crippen molar-refractivity contribution in [3.8, 4) is 0 Å². The minimum atomic E-state index is 0.540. The van der Waals surface area contributed by atoms with Crippen molar-refractivity contribution in [1.29, 1.82) is 0 Å². The molecule has 0 fully saturated rings. The largest absolute Gasteiger partial charge is 0.438 e. The van der Waals surface area contributed by atoms with Crippen LogP contribution in [0.3, 0.4) is 0 Å². The fourth-order valence-electron chi connectivity index (χ4n) is 8.87. The van der Waals surface area contributed by atoms with Gasteiger partial charge in [-0.1, -0.05) is 60.7 Å². The van der Waals surface area contributed by atoms with Gasteiger partial charge in [-0.25, -0.2) is 9.97 Å². The van der Waals surface area contributed by atoms with E-state index in [1.54, 1.807) is 12.4 Å². The lowest BCUT2D eigenvalue weighted by atomic mass is 10.1. The Morgan fingerprint density at radius 3 is 1.26 bits per heavy atom. The van der Waals surface area contributed by atoms with Crippen LogP contribution in [0.5, 0.6) is 0 Å². The average Bonchev–Trinajstić information content (AvgIpc) is 3.99. The maximum Gasteiger partial charge on any atom is 0.229 e. The van der Waals surface area contributed by atoms with Crippen LogP contribution < -0.4 is 9.80 Å². The summed E-state index contributed by atoms with van der Waals surface area (Å²) in [7, 11) is 0. The van der Waals surface area contributed by atoms with E-state index >= 15 is 0 Å². The van der Waals surface area contributed by atoms with Gasteiger partial charge in [-0.15, -0.1) is 0 Å². The van der Waals surface area contributed by atoms with Crippen molar-refractivity contribution < 1.29 is 13.3 Å². The summed E-state index contributed by atoms with van der Waals surface area (Å²) < 4.78 is 19.2. The summed E-state index contributed by atoms with van der Waals surface area (Å²) >= 11 is 0. The van der Waals surface area contributed by atoms with Crippen LogP contribution in [0.15, 0.2) is 202 Å². The lowest BCUT2D eigenvalue weighted by Crippen LogP contribution is -2.11. The molecule has 0 amide bonds. The van der Waals surface area contributed by atoms with Gasteiger partial charge in [0.1, 0.15) is 22.6 Å². The third-order valence-corrected chi connectivity index (χ3v) is 11.8. The Balaban J connectivity index is 0.961. The highest BCUT2D eigenvalue weighted by atomic mass is 16.3. The Kier molecular flexibility index (Phi) is 7.14. The zero-order valence-electron chi connectivity index (χ0n) is 32.4. The topological polar surface area (TPSA) is 84.6 Å². The molecule has 286 valence electrons. The van der Waals surface area contributed by atoms with Crippen LogP contribution >= 0.6 is 0 Å². The van der Waals surface area contributed by atoms with Crippen LogP contribution in [-0.2, 0) is 0 Å². The number of benzene rings is 7. The zero-order valence-corrected chi connectivity index (χ0v) is 32.4. The molecular weight excluding hydrogens is 755 g/mol. The van der Waals surface area contributed by atoms with Gasteiger partial charge in [-0.3, -0.25) is 4.90 Å². The first-order valence-corrected chi connectivity index (χ1v) is 20.1. The van der Waals surface area contributed by atoms with E-state index in [-0.39, 0.29) is 0 Å². The summed E-state index contributed by atoms with van der Waals surface area (Å²) in [4.78, 5) is 18.6. The minimum Gasteiger partial charge on any atom is -0.438 e. The van der Waals surface area contributed by atoms with E-state index in [1.165, 1.54) is 5.39 Å². The highest BCUT2D eigenvalue weighted by Crippen LogP contribution is 2.43. The summed E-state index contributed by atoms with van der Waals surface area (Å²) in [6.45, 7) is 0. The lowest BCUT2D eigenvalue weighted by molar-refractivity contribution is 0.653. The van der Waals surface area contributed by atoms with Crippen molar-refractivity contribution in [2.75, 3.05) is 9.80 Å². The molecule has 0 radical (unpaired) electrons. The molecule has 8 heteroatoms. The van der Waals surface area contributed by atoms with Crippen molar-refractivity contribution in [2.24, 2.45) is 0 Å². The van der Waals surface area contributed by atoms with Gasteiger partial charge in [0, 0.05) is 85.7 Å². The Morgan fingerprint density at radius 2 is 0.721 bits per heavy atom. The van der Waals surface area contributed by atoms with Crippen LogP contribution in [-0.4, -0.2) is 15.0 Å². The number of nitrogens with zero attached hydrogens (tertiary/aromatic N) is 5. The van der Waals surface area contributed by atoms with Crippen molar-refractivity contribution in [2.45, 2.75) is 0 Å². The zero-order chi connectivity index (χ0) is 40.0. The maximum absolute atomic E-state index is 6.72. The Morgan fingerprint density at radius 1 is 0.311 bits per heavy atom. The first-order valence-electron chi connectivity index (χ1n) is 20.1. The first kappa shape index (κ1) is 33.5. The molecule has 8 nitrogen and oxygen atoms in total. The predicted octanol–water partition coefficient (Wildman–Crippen LogP) is 14.8. The van der Waals surface area contributed by atoms with Crippen molar-refractivity contribution >= 4 is 122 Å². The molecule has 0 aliphatic heterocycles. The van der Waals surface area contributed by atoms with Gasteiger partial charge < -0.3 is 18.2 Å². The van der Waals surface area contributed by atoms with E-state index < -0.39 is 0 Å². The number of aromatic nitrogens is 3.